The molecule has 1 aliphatic heterocycles. The van der Waals surface area contributed by atoms with Crippen LogP contribution in [0.4, 0.5) is 11.4 Å². The number of hydrogen-bond acceptors (Lipinski definition) is 5. The minimum Gasteiger partial charge on any atom is -0.369 e. The second kappa shape index (κ2) is 11.6. The maximum atomic E-state index is 13.1. The van der Waals surface area contributed by atoms with Gasteiger partial charge in [0.15, 0.2) is 0 Å². The molecule has 32 heavy (non-hydrogen) atoms. The first-order valence-electron chi connectivity index (χ1n) is 10.8. The Morgan fingerprint density at radius 3 is 2.50 bits per heavy atom. The molecule has 2 aromatic carbocycles. The Hall–Kier alpha value is -2.22. The minimum absolute atomic E-state index is 0.227. The molecule has 1 atom stereocenters. The average Bonchev–Trinajstić information content (AvgIpc) is 2.78. The van der Waals surface area contributed by atoms with Crippen molar-refractivity contribution in [3.63, 3.8) is 0 Å². The molecular formula is C24H31ClN4O2S. The molecule has 2 amide bonds. The Balaban J connectivity index is 1.69. The molecule has 0 aliphatic carbocycles. The predicted molar refractivity (Wildman–Crippen MR) is 135 cm³/mol. The zero-order valence-corrected chi connectivity index (χ0v) is 20.4. The number of thioether (sulfide) groups is 1. The number of rotatable bonds is 8. The summed E-state index contributed by atoms with van der Waals surface area (Å²) < 4.78 is 0. The second-order valence-electron chi connectivity index (χ2n) is 8.07. The van der Waals surface area contributed by atoms with Crippen LogP contribution >= 0.6 is 23.4 Å². The molecule has 0 bridgehead atoms. The van der Waals surface area contributed by atoms with Crippen LogP contribution in [0.3, 0.4) is 0 Å². The van der Waals surface area contributed by atoms with Gasteiger partial charge in [0.05, 0.1) is 10.6 Å². The fourth-order valence-electron chi connectivity index (χ4n) is 3.66. The van der Waals surface area contributed by atoms with Crippen molar-refractivity contribution in [2.75, 3.05) is 55.5 Å². The molecule has 2 aromatic rings. The molecule has 0 aromatic heterocycles. The maximum Gasteiger partial charge on any atom is 0.253 e. The van der Waals surface area contributed by atoms with Gasteiger partial charge in [-0.25, -0.2) is 0 Å². The average molecular weight is 475 g/mol. The molecule has 1 unspecified atom stereocenters. The Kier molecular flexibility index (Phi) is 8.84. The summed E-state index contributed by atoms with van der Waals surface area (Å²) in [5, 5.41) is 6.22. The number of halogens is 1. The lowest BCUT2D eigenvalue weighted by atomic mass is 10.1. The Bertz CT molecular complexity index is 947. The van der Waals surface area contributed by atoms with E-state index in [4.69, 9.17) is 11.6 Å². The van der Waals surface area contributed by atoms with Crippen LogP contribution < -0.4 is 15.5 Å². The highest BCUT2D eigenvalue weighted by atomic mass is 35.5. The van der Waals surface area contributed by atoms with E-state index in [0.717, 1.165) is 43.2 Å². The number of aryl methyl sites for hydroxylation is 1. The van der Waals surface area contributed by atoms with E-state index in [1.54, 1.807) is 36.0 Å². The van der Waals surface area contributed by atoms with Gasteiger partial charge >= 0.3 is 0 Å². The van der Waals surface area contributed by atoms with Crippen molar-refractivity contribution in [1.29, 1.82) is 0 Å². The van der Waals surface area contributed by atoms with Gasteiger partial charge in [-0.1, -0.05) is 23.7 Å². The lowest BCUT2D eigenvalue weighted by Gasteiger charge is -2.34. The summed E-state index contributed by atoms with van der Waals surface area (Å²) in [7, 11) is 2.14. The van der Waals surface area contributed by atoms with Crippen molar-refractivity contribution in [3.8, 4) is 0 Å². The highest BCUT2D eigenvalue weighted by Crippen LogP contribution is 2.24. The second-order valence-corrected chi connectivity index (χ2v) is 9.46. The van der Waals surface area contributed by atoms with Gasteiger partial charge in [-0.3, -0.25) is 9.59 Å². The summed E-state index contributed by atoms with van der Waals surface area (Å²) >= 11 is 7.79. The number of hydrogen-bond donors (Lipinski definition) is 2. The first-order chi connectivity index (χ1) is 15.4. The van der Waals surface area contributed by atoms with Crippen molar-refractivity contribution in [3.05, 3.63) is 58.6 Å². The van der Waals surface area contributed by atoms with E-state index in [9.17, 15) is 9.59 Å². The molecule has 3 rings (SSSR count). The fourth-order valence-corrected chi connectivity index (χ4v) is 4.35. The van der Waals surface area contributed by atoms with Crippen LogP contribution in [0.5, 0.6) is 0 Å². The Morgan fingerprint density at radius 2 is 1.84 bits per heavy atom. The van der Waals surface area contributed by atoms with E-state index in [-0.39, 0.29) is 11.8 Å². The molecule has 0 radical (unpaired) electrons. The summed E-state index contributed by atoms with van der Waals surface area (Å²) in [6, 6.07) is 12.3. The van der Waals surface area contributed by atoms with Gasteiger partial charge in [0.2, 0.25) is 5.91 Å². The number of carbonyl (C=O) groups excluding carboxylic acids is 2. The van der Waals surface area contributed by atoms with E-state index < -0.39 is 6.04 Å². The van der Waals surface area contributed by atoms with Gasteiger partial charge in [0, 0.05) is 37.6 Å². The number of piperazine rings is 1. The van der Waals surface area contributed by atoms with Crippen LogP contribution in [-0.2, 0) is 4.79 Å². The topological polar surface area (TPSA) is 64.7 Å². The number of nitrogens with one attached hydrogen (secondary N) is 2. The zero-order valence-electron chi connectivity index (χ0n) is 18.9. The Morgan fingerprint density at radius 1 is 1.12 bits per heavy atom. The number of nitrogens with zero attached hydrogens (tertiary/aromatic N) is 2. The number of benzene rings is 2. The third-order valence-corrected chi connectivity index (χ3v) is 6.66. The van der Waals surface area contributed by atoms with Gasteiger partial charge in [-0.15, -0.1) is 0 Å². The van der Waals surface area contributed by atoms with Gasteiger partial charge in [0.1, 0.15) is 6.04 Å². The summed E-state index contributed by atoms with van der Waals surface area (Å²) in [4.78, 5) is 30.5. The molecule has 1 fully saturated rings. The largest absolute Gasteiger partial charge is 0.369 e. The van der Waals surface area contributed by atoms with E-state index >= 15 is 0 Å². The van der Waals surface area contributed by atoms with Crippen LogP contribution in [0, 0.1) is 6.92 Å². The summed E-state index contributed by atoms with van der Waals surface area (Å²) in [5.74, 6) is 0.177. The summed E-state index contributed by atoms with van der Waals surface area (Å²) in [6.45, 7) is 6.06. The molecule has 8 heteroatoms. The highest BCUT2D eigenvalue weighted by molar-refractivity contribution is 7.98. The summed E-state index contributed by atoms with van der Waals surface area (Å²) in [6.07, 6.45) is 2.51. The maximum absolute atomic E-state index is 13.1. The molecule has 2 N–H and O–H groups in total. The van der Waals surface area contributed by atoms with Crippen LogP contribution in [-0.4, -0.2) is 68.0 Å². The molecule has 1 saturated heterocycles. The van der Waals surface area contributed by atoms with Crippen LogP contribution in [0.15, 0.2) is 42.5 Å². The van der Waals surface area contributed by atoms with E-state index in [2.05, 4.69) is 33.5 Å². The zero-order chi connectivity index (χ0) is 23.1. The molecular weight excluding hydrogens is 444 g/mol. The molecule has 6 nitrogen and oxygen atoms in total. The highest BCUT2D eigenvalue weighted by Gasteiger charge is 2.23. The molecule has 0 saturated carbocycles. The lowest BCUT2D eigenvalue weighted by molar-refractivity contribution is -0.118. The number of carbonyl (C=O) groups is 2. The van der Waals surface area contributed by atoms with Crippen molar-refractivity contribution in [1.82, 2.24) is 10.2 Å². The minimum atomic E-state index is -0.650. The SMILES string of the molecule is CSCCC(NC(=O)c1ccccc1Cl)C(=O)Nc1ccc(N2CCN(C)CC2)cc1C. The first kappa shape index (κ1) is 24.4. The monoisotopic (exact) mass is 474 g/mol. The van der Waals surface area contributed by atoms with E-state index in [1.807, 2.05) is 25.3 Å². The standard InChI is InChI=1S/C24H31ClN4O2S/c1-17-16-18(29-13-11-28(2)12-14-29)8-9-21(17)26-24(31)22(10-15-32-3)27-23(30)19-6-4-5-7-20(19)25/h4-9,16,22H,10-15H2,1-3H3,(H,26,31)(H,27,30). The normalized spacial score (nSPS) is 15.3. The van der Waals surface area contributed by atoms with Crippen molar-refractivity contribution < 1.29 is 9.59 Å². The molecule has 1 heterocycles. The van der Waals surface area contributed by atoms with Gasteiger partial charge in [0.25, 0.3) is 5.91 Å². The number of anilines is 2. The number of likely N-dealkylation sites (N-methyl/N-ethyl adjacent to an activating group) is 1. The van der Waals surface area contributed by atoms with Crippen LogP contribution in [0.2, 0.25) is 5.02 Å². The molecule has 0 spiro atoms. The van der Waals surface area contributed by atoms with Gasteiger partial charge in [-0.2, -0.15) is 11.8 Å². The fraction of sp³-hybridized carbons (Fsp3) is 0.417. The van der Waals surface area contributed by atoms with Crippen LogP contribution in [0.1, 0.15) is 22.3 Å². The summed E-state index contributed by atoms with van der Waals surface area (Å²) in [5.41, 5.74) is 3.29. The van der Waals surface area contributed by atoms with Gasteiger partial charge < -0.3 is 20.4 Å². The third-order valence-electron chi connectivity index (χ3n) is 5.69. The molecule has 172 valence electrons. The first-order valence-corrected chi connectivity index (χ1v) is 12.6. The Labute approximate surface area is 199 Å². The van der Waals surface area contributed by atoms with Crippen molar-refractivity contribution >= 4 is 46.6 Å². The number of amides is 2. The van der Waals surface area contributed by atoms with Crippen molar-refractivity contribution in [2.24, 2.45) is 0 Å². The quantitative estimate of drug-likeness (QED) is 0.607. The van der Waals surface area contributed by atoms with E-state index in [0.29, 0.717) is 17.0 Å². The molecule has 1 aliphatic rings. The third kappa shape index (κ3) is 6.40. The van der Waals surface area contributed by atoms with Gasteiger partial charge in [-0.05, 0) is 68.3 Å². The van der Waals surface area contributed by atoms with Crippen molar-refractivity contribution in [2.45, 2.75) is 19.4 Å². The van der Waals surface area contributed by atoms with Crippen LogP contribution in [0.25, 0.3) is 0 Å². The predicted octanol–water partition coefficient (Wildman–Crippen LogP) is 3.89. The smallest absolute Gasteiger partial charge is 0.253 e. The lowest BCUT2D eigenvalue weighted by Crippen LogP contribution is -2.44. The van der Waals surface area contributed by atoms with E-state index in [1.165, 1.54) is 5.69 Å².